The van der Waals surface area contributed by atoms with E-state index in [1.54, 1.807) is 11.1 Å². The Hall–Kier alpha value is -4.50. The zero-order chi connectivity index (χ0) is 45.1. The van der Waals surface area contributed by atoms with E-state index in [-0.39, 0.29) is 44.8 Å². The molecule has 11 rings (SSSR count). The molecule has 2 nitrogen and oxygen atoms in total. The SMILES string of the molecule is Cc1cc2c3c(c1)N(c1ccc4c(c1)C(C)(C)CCC4(C)C)C1=C(B3n3c4ccc(C(C)(C)C)cc4c4cc(C(C)(C)C)cc-2c43)C(C)(C)c2cc3c(cc21)C(C)(C)CCC3(C)C. The highest BCUT2D eigenvalue weighted by molar-refractivity contribution is 6.85. The predicted octanol–water partition coefficient (Wildman–Crippen LogP) is 15.5. The van der Waals surface area contributed by atoms with Gasteiger partial charge in [-0.3, -0.25) is 0 Å². The Morgan fingerprint density at radius 2 is 1.08 bits per heavy atom. The van der Waals surface area contributed by atoms with E-state index in [0.717, 1.165) is 0 Å². The molecule has 5 aliphatic rings. The van der Waals surface area contributed by atoms with Gasteiger partial charge in [-0.2, -0.15) is 0 Å². The lowest BCUT2D eigenvalue weighted by molar-refractivity contribution is 0.331. The van der Waals surface area contributed by atoms with E-state index in [4.69, 9.17) is 0 Å². The molecule has 0 spiro atoms. The maximum atomic E-state index is 2.83. The van der Waals surface area contributed by atoms with E-state index in [9.17, 15) is 0 Å². The first-order valence-corrected chi connectivity index (χ1v) is 24.3. The van der Waals surface area contributed by atoms with Gasteiger partial charge in [-0.1, -0.05) is 135 Å². The molecule has 0 bridgehead atoms. The second-order valence-corrected chi connectivity index (χ2v) is 26.1. The number of aryl methyl sites for hydroxylation is 1. The van der Waals surface area contributed by atoms with Gasteiger partial charge in [0.05, 0.1) is 0 Å². The normalized spacial score (nSPS) is 20.7. The lowest BCUT2D eigenvalue weighted by atomic mass is 9.40. The van der Waals surface area contributed by atoms with E-state index in [2.05, 4.69) is 200 Å². The third-order valence-corrected chi connectivity index (χ3v) is 17.4. The van der Waals surface area contributed by atoms with Crippen molar-refractivity contribution in [3.8, 4) is 11.1 Å². The van der Waals surface area contributed by atoms with Crippen molar-refractivity contribution < 1.29 is 0 Å². The molecular weight excluding hydrogens is 759 g/mol. The summed E-state index contributed by atoms with van der Waals surface area (Å²) in [5, 5.41) is 2.77. The molecule has 0 amide bonds. The highest BCUT2D eigenvalue weighted by Crippen LogP contribution is 2.60. The number of rotatable bonds is 1. The predicted molar refractivity (Wildman–Crippen MR) is 273 cm³/mol. The Bertz CT molecular complexity index is 3070. The number of allylic oxidation sites excluding steroid dienone is 1. The molecule has 0 atom stereocenters. The first-order chi connectivity index (χ1) is 29.1. The minimum atomic E-state index is -0.243. The molecule has 0 fully saturated rings. The fraction of sp³-hybridized carbons (Fsp3) is 0.467. The van der Waals surface area contributed by atoms with Gasteiger partial charge in [-0.15, -0.1) is 0 Å². The first kappa shape index (κ1) is 41.2. The Kier molecular flexibility index (Phi) is 8.01. The summed E-state index contributed by atoms with van der Waals surface area (Å²) in [6.07, 6.45) is 4.82. The Morgan fingerprint density at radius 3 is 1.70 bits per heavy atom. The molecule has 2 aliphatic heterocycles. The minimum Gasteiger partial charge on any atom is -0.376 e. The van der Waals surface area contributed by atoms with Crippen LogP contribution in [0.3, 0.4) is 0 Å². The van der Waals surface area contributed by atoms with Crippen molar-refractivity contribution in [2.75, 3.05) is 4.90 Å². The standard InChI is InChI=1S/C60H71BN2/c1-34-26-39-41-30-36(55(5,6)7)29-40-38-28-35(54(2,3)4)18-21-48(38)63(51(40)41)61-50(39)49(27-34)62(37-19-20-43-45(31-37)57(10,11)23-22-56(43,8)9)52-42-32-46-47(33-44(42)60(16,17)53(52)61)59(14,15)25-24-58(46,12)13/h18-21,26-33H,22-25H2,1-17H3. The van der Waals surface area contributed by atoms with Crippen LogP contribution in [0.4, 0.5) is 11.4 Å². The van der Waals surface area contributed by atoms with Crippen LogP contribution in [0.1, 0.15) is 187 Å². The van der Waals surface area contributed by atoms with E-state index in [1.165, 1.54) is 126 Å². The summed E-state index contributed by atoms with van der Waals surface area (Å²) in [6, 6.07) is 30.7. The number of hydrogen-bond donors (Lipinski definition) is 0. The van der Waals surface area contributed by atoms with Crippen LogP contribution < -0.4 is 10.4 Å². The summed E-state index contributed by atoms with van der Waals surface area (Å²) < 4.78 is 2.83. The zero-order valence-corrected chi connectivity index (χ0v) is 41.7. The van der Waals surface area contributed by atoms with Gasteiger partial charge in [0.2, 0.25) is 0 Å². The fourth-order valence-corrected chi connectivity index (χ4v) is 13.2. The van der Waals surface area contributed by atoms with Crippen LogP contribution in [0.5, 0.6) is 0 Å². The average Bonchev–Trinajstić information content (AvgIpc) is 3.63. The van der Waals surface area contributed by atoms with Crippen LogP contribution in [0.25, 0.3) is 38.6 Å². The van der Waals surface area contributed by atoms with Crippen molar-refractivity contribution in [2.45, 2.75) is 181 Å². The molecule has 0 unspecified atom stereocenters. The summed E-state index contributed by atoms with van der Waals surface area (Å²) >= 11 is 0. The molecule has 0 N–H and O–H groups in total. The highest BCUT2D eigenvalue weighted by atomic mass is 15.2. The number of anilines is 2. The second-order valence-electron chi connectivity index (χ2n) is 26.1. The van der Waals surface area contributed by atoms with E-state index < -0.39 is 0 Å². The number of fused-ring (bicyclic) bond motifs is 10. The molecule has 324 valence electrons. The molecule has 3 heterocycles. The zero-order valence-electron chi connectivity index (χ0n) is 41.7. The molecular formula is C60H71BN2. The lowest BCUT2D eigenvalue weighted by Crippen LogP contribution is -2.52. The molecule has 0 saturated heterocycles. The fourth-order valence-electron chi connectivity index (χ4n) is 13.2. The molecule has 6 aromatic rings. The highest BCUT2D eigenvalue weighted by Gasteiger charge is 2.54. The number of benzene rings is 5. The average molecular weight is 831 g/mol. The van der Waals surface area contributed by atoms with Crippen LogP contribution in [0.2, 0.25) is 0 Å². The molecule has 0 radical (unpaired) electrons. The monoisotopic (exact) mass is 831 g/mol. The topological polar surface area (TPSA) is 8.17 Å². The third kappa shape index (κ3) is 5.50. The van der Waals surface area contributed by atoms with Crippen molar-refractivity contribution in [2.24, 2.45) is 0 Å². The van der Waals surface area contributed by atoms with Gasteiger partial charge in [0.15, 0.2) is 0 Å². The van der Waals surface area contributed by atoms with Gasteiger partial charge in [-0.25, -0.2) is 0 Å². The summed E-state index contributed by atoms with van der Waals surface area (Å²) in [4.78, 5) is 2.77. The van der Waals surface area contributed by atoms with Crippen LogP contribution in [-0.2, 0) is 37.9 Å². The summed E-state index contributed by atoms with van der Waals surface area (Å²) in [5.74, 6) is 0. The number of aromatic nitrogens is 1. The van der Waals surface area contributed by atoms with Gasteiger partial charge in [0.1, 0.15) is 0 Å². The van der Waals surface area contributed by atoms with Crippen molar-refractivity contribution >= 4 is 51.2 Å². The third-order valence-electron chi connectivity index (χ3n) is 17.4. The second kappa shape index (κ2) is 12.2. The largest absolute Gasteiger partial charge is 0.376 e. The van der Waals surface area contributed by atoms with Crippen LogP contribution in [0.15, 0.2) is 78.3 Å². The Balaban J connectivity index is 1.32. The number of hydrogen-bond acceptors (Lipinski definition) is 1. The van der Waals surface area contributed by atoms with Gasteiger partial charge in [0.25, 0.3) is 0 Å². The molecule has 3 heteroatoms. The summed E-state index contributed by atoms with van der Waals surface area (Å²) in [7, 11) is 0. The van der Waals surface area contributed by atoms with Gasteiger partial charge in [-0.05, 0) is 175 Å². The molecule has 3 aliphatic carbocycles. The Morgan fingerprint density at radius 1 is 0.508 bits per heavy atom. The van der Waals surface area contributed by atoms with Crippen LogP contribution in [0, 0.1) is 6.92 Å². The van der Waals surface area contributed by atoms with Crippen molar-refractivity contribution in [1.29, 1.82) is 0 Å². The van der Waals surface area contributed by atoms with Gasteiger partial charge >= 0.3 is 6.85 Å². The summed E-state index contributed by atoms with van der Waals surface area (Å²) in [6.45, 7) is 41.6. The van der Waals surface area contributed by atoms with Crippen molar-refractivity contribution in [3.05, 3.63) is 128 Å². The molecule has 1 aromatic heterocycles. The smallest absolute Gasteiger partial charge is 0.329 e. The van der Waals surface area contributed by atoms with Gasteiger partial charge in [0, 0.05) is 55.4 Å². The van der Waals surface area contributed by atoms with E-state index in [0.29, 0.717) is 0 Å². The Labute approximate surface area is 379 Å². The molecule has 63 heavy (non-hydrogen) atoms. The molecule has 0 saturated carbocycles. The number of nitrogens with zero attached hydrogens (tertiary/aromatic N) is 2. The van der Waals surface area contributed by atoms with Crippen molar-refractivity contribution in [3.63, 3.8) is 0 Å². The van der Waals surface area contributed by atoms with Crippen LogP contribution in [-0.4, -0.2) is 11.3 Å². The van der Waals surface area contributed by atoms with Gasteiger partial charge < -0.3 is 9.38 Å². The summed E-state index contributed by atoms with van der Waals surface area (Å²) in [5.41, 5.74) is 26.0. The van der Waals surface area contributed by atoms with E-state index in [1.807, 2.05) is 0 Å². The minimum absolute atomic E-state index is 0.0112. The van der Waals surface area contributed by atoms with E-state index >= 15 is 0 Å². The maximum Gasteiger partial charge on any atom is 0.329 e. The quantitative estimate of drug-likeness (QED) is 0.150. The molecule has 5 aromatic carbocycles. The lowest BCUT2D eigenvalue weighted by Gasteiger charge is -2.45. The first-order valence-electron chi connectivity index (χ1n) is 24.3. The maximum absolute atomic E-state index is 2.83. The van der Waals surface area contributed by atoms with Crippen molar-refractivity contribution in [1.82, 2.24) is 4.48 Å². The van der Waals surface area contributed by atoms with Crippen LogP contribution >= 0.6 is 0 Å².